The van der Waals surface area contributed by atoms with Crippen molar-refractivity contribution in [2.24, 2.45) is 0 Å². The molecule has 1 aromatic rings. The number of allylic oxidation sites excluding steroid dienone is 1. The lowest BCUT2D eigenvalue weighted by atomic mass is 10.2. The molecule has 0 unspecified atom stereocenters. The lowest BCUT2D eigenvalue weighted by Crippen LogP contribution is -1.85. The van der Waals surface area contributed by atoms with E-state index in [0.29, 0.717) is 0 Å². The van der Waals surface area contributed by atoms with Crippen LogP contribution in [-0.4, -0.2) is 12.4 Å². The van der Waals surface area contributed by atoms with Gasteiger partial charge in [-0.3, -0.25) is 0 Å². The fraction of sp³-hybridized carbons (Fsp3) is 0.333. The average molecular weight is 206 g/mol. The van der Waals surface area contributed by atoms with Crippen LogP contribution in [0.3, 0.4) is 0 Å². The molecule has 0 atom stereocenters. The van der Waals surface area contributed by atoms with E-state index in [0.717, 1.165) is 18.8 Å². The second-order valence-electron chi connectivity index (χ2n) is 3.24. The second kappa shape index (κ2) is 5.11. The van der Waals surface area contributed by atoms with Crippen molar-refractivity contribution in [1.82, 2.24) is 0 Å². The Morgan fingerprint density at radius 3 is 2.79 bits per heavy atom. The van der Waals surface area contributed by atoms with Gasteiger partial charge in [0.1, 0.15) is 5.75 Å². The van der Waals surface area contributed by atoms with Gasteiger partial charge in [-0.05, 0) is 23.5 Å². The quantitative estimate of drug-likeness (QED) is 0.644. The highest BCUT2D eigenvalue weighted by Gasteiger charge is 2.08. The first-order valence-corrected chi connectivity index (χ1v) is 5.99. The summed E-state index contributed by atoms with van der Waals surface area (Å²) in [5.74, 6) is 2.37. The molecule has 2 aliphatic rings. The molecular weight excluding hydrogens is 192 g/mol. The molecule has 14 heavy (non-hydrogen) atoms. The van der Waals surface area contributed by atoms with Crippen LogP contribution in [0.25, 0.3) is 0 Å². The Hall–Kier alpha value is -0.890. The number of rotatable bonds is 0. The van der Waals surface area contributed by atoms with E-state index in [-0.39, 0.29) is 0 Å². The molecule has 0 amide bonds. The van der Waals surface area contributed by atoms with Gasteiger partial charge in [-0.1, -0.05) is 24.3 Å². The zero-order valence-corrected chi connectivity index (χ0v) is 8.93. The smallest absolute Gasteiger partial charge is 0.122 e. The summed E-state index contributed by atoms with van der Waals surface area (Å²) in [6.45, 7) is 0.860. The molecule has 1 nitrogen and oxygen atoms in total. The minimum absolute atomic E-state index is 0.860. The molecule has 0 bridgehead atoms. The topological polar surface area (TPSA) is 9.23 Å². The molecule has 1 aromatic carbocycles. The molecule has 0 fully saturated rings. The minimum Gasteiger partial charge on any atom is -0.493 e. The van der Waals surface area contributed by atoms with E-state index >= 15 is 0 Å². The molecular formula is C12H14OS. The Kier molecular flexibility index (Phi) is 3.52. The zero-order chi connectivity index (χ0) is 9.64. The van der Waals surface area contributed by atoms with Crippen molar-refractivity contribution in [3.05, 3.63) is 41.3 Å². The molecule has 2 aliphatic heterocycles. The molecule has 2 heteroatoms. The average Bonchev–Trinajstić information content (AvgIpc) is 2.92. The van der Waals surface area contributed by atoms with E-state index in [9.17, 15) is 0 Å². The highest BCUT2D eigenvalue weighted by atomic mass is 32.2. The van der Waals surface area contributed by atoms with Crippen molar-refractivity contribution >= 4 is 11.8 Å². The van der Waals surface area contributed by atoms with E-state index in [4.69, 9.17) is 4.74 Å². The van der Waals surface area contributed by atoms with Crippen molar-refractivity contribution in [3.8, 4) is 5.75 Å². The number of thioether (sulfide) groups is 1. The maximum Gasteiger partial charge on any atom is 0.122 e. The molecule has 2 heterocycles. The van der Waals surface area contributed by atoms with Crippen LogP contribution in [0.15, 0.2) is 35.7 Å². The Morgan fingerprint density at radius 1 is 1.21 bits per heavy atom. The molecule has 0 aromatic heterocycles. The third-order valence-corrected chi connectivity index (χ3v) is 3.05. The predicted octanol–water partition coefficient (Wildman–Crippen LogP) is 3.26. The van der Waals surface area contributed by atoms with Gasteiger partial charge in [-0.25, -0.2) is 0 Å². The number of ether oxygens (including phenoxy) is 1. The standard InChI is InChI=1S/C8H8O.C4H6S/c1-2-4-8-7(3-1)5-6-9-8;1-2-4-5-3-1/h1-4H,5-6H2;1,3H,2,4H2. The normalized spacial score (nSPS) is 16.9. The summed E-state index contributed by atoms with van der Waals surface area (Å²) in [5.41, 5.74) is 1.34. The summed E-state index contributed by atoms with van der Waals surface area (Å²) in [6, 6.07) is 8.18. The number of hydrogen-bond acceptors (Lipinski definition) is 2. The lowest BCUT2D eigenvalue weighted by Gasteiger charge is -1.93. The van der Waals surface area contributed by atoms with Crippen molar-refractivity contribution < 1.29 is 4.74 Å². The minimum atomic E-state index is 0.860. The van der Waals surface area contributed by atoms with Crippen molar-refractivity contribution in [2.75, 3.05) is 12.4 Å². The summed E-state index contributed by atoms with van der Waals surface area (Å²) >= 11 is 1.89. The number of para-hydroxylation sites is 1. The van der Waals surface area contributed by atoms with Crippen LogP contribution >= 0.6 is 11.8 Å². The summed E-state index contributed by atoms with van der Waals surface area (Å²) in [5, 5.41) is 2.15. The number of fused-ring (bicyclic) bond motifs is 1. The van der Waals surface area contributed by atoms with E-state index < -0.39 is 0 Å². The van der Waals surface area contributed by atoms with Gasteiger partial charge >= 0.3 is 0 Å². The molecule has 0 saturated heterocycles. The molecule has 74 valence electrons. The van der Waals surface area contributed by atoms with Crippen LogP contribution in [-0.2, 0) is 6.42 Å². The Bertz CT molecular complexity index is 291. The highest BCUT2D eigenvalue weighted by molar-refractivity contribution is 8.02. The molecule has 3 rings (SSSR count). The van der Waals surface area contributed by atoms with Gasteiger partial charge in [-0.15, -0.1) is 11.8 Å². The molecule has 0 saturated carbocycles. The van der Waals surface area contributed by atoms with Crippen molar-refractivity contribution in [1.29, 1.82) is 0 Å². The van der Waals surface area contributed by atoms with Crippen LogP contribution in [0.1, 0.15) is 12.0 Å². The van der Waals surface area contributed by atoms with Crippen LogP contribution in [0.2, 0.25) is 0 Å². The third kappa shape index (κ3) is 2.55. The molecule has 0 aliphatic carbocycles. The van der Waals surface area contributed by atoms with Gasteiger partial charge < -0.3 is 4.74 Å². The third-order valence-electron chi connectivity index (χ3n) is 2.20. The Labute approximate surface area is 89.2 Å². The molecule has 0 N–H and O–H groups in total. The first-order valence-electron chi connectivity index (χ1n) is 4.94. The van der Waals surface area contributed by atoms with Gasteiger partial charge in [0.25, 0.3) is 0 Å². The van der Waals surface area contributed by atoms with E-state index in [1.165, 1.54) is 17.7 Å². The lowest BCUT2D eigenvalue weighted by molar-refractivity contribution is 0.357. The SMILES string of the molecule is C1=CSCC1.c1ccc2c(c1)CCO2. The zero-order valence-electron chi connectivity index (χ0n) is 8.11. The van der Waals surface area contributed by atoms with Gasteiger partial charge in [0.2, 0.25) is 0 Å². The predicted molar refractivity (Wildman–Crippen MR) is 61.9 cm³/mol. The van der Waals surface area contributed by atoms with E-state index in [1.807, 2.05) is 30.0 Å². The Balaban J connectivity index is 0.000000128. The highest BCUT2D eigenvalue weighted by Crippen LogP contribution is 2.23. The Morgan fingerprint density at radius 2 is 2.14 bits per heavy atom. The van der Waals surface area contributed by atoms with Crippen molar-refractivity contribution in [3.63, 3.8) is 0 Å². The van der Waals surface area contributed by atoms with E-state index in [2.05, 4.69) is 17.6 Å². The summed E-state index contributed by atoms with van der Waals surface area (Å²) < 4.78 is 5.30. The van der Waals surface area contributed by atoms with Gasteiger partial charge in [0.15, 0.2) is 0 Å². The largest absolute Gasteiger partial charge is 0.493 e. The van der Waals surface area contributed by atoms with Gasteiger partial charge in [0.05, 0.1) is 6.61 Å². The van der Waals surface area contributed by atoms with E-state index in [1.54, 1.807) is 0 Å². The maximum atomic E-state index is 5.30. The number of hydrogen-bond donors (Lipinski definition) is 0. The number of benzene rings is 1. The second-order valence-corrected chi connectivity index (χ2v) is 4.25. The first kappa shape index (κ1) is 9.66. The van der Waals surface area contributed by atoms with Gasteiger partial charge in [-0.2, -0.15) is 0 Å². The molecule has 0 radical (unpaired) electrons. The fourth-order valence-corrected chi connectivity index (χ4v) is 2.14. The van der Waals surface area contributed by atoms with Crippen LogP contribution < -0.4 is 4.74 Å². The summed E-state index contributed by atoms with van der Waals surface area (Å²) in [7, 11) is 0. The van der Waals surface area contributed by atoms with Gasteiger partial charge in [0, 0.05) is 12.2 Å². The fourth-order valence-electron chi connectivity index (χ4n) is 1.46. The monoisotopic (exact) mass is 206 g/mol. The summed E-state index contributed by atoms with van der Waals surface area (Å²) in [6.07, 6.45) is 4.56. The maximum absolute atomic E-state index is 5.30. The van der Waals surface area contributed by atoms with Crippen LogP contribution in [0, 0.1) is 0 Å². The van der Waals surface area contributed by atoms with Crippen molar-refractivity contribution in [2.45, 2.75) is 12.8 Å². The first-order chi connectivity index (χ1) is 6.97. The summed E-state index contributed by atoms with van der Waals surface area (Å²) in [4.78, 5) is 0. The van der Waals surface area contributed by atoms with Crippen LogP contribution in [0.4, 0.5) is 0 Å². The van der Waals surface area contributed by atoms with Crippen LogP contribution in [0.5, 0.6) is 5.75 Å². The molecule has 0 spiro atoms.